The molecule has 0 radical (unpaired) electrons. The van der Waals surface area contributed by atoms with Crippen molar-refractivity contribution >= 4 is 7.82 Å². The highest BCUT2D eigenvalue weighted by Gasteiger charge is 2.00. The van der Waals surface area contributed by atoms with E-state index in [1.54, 1.807) is 18.4 Å². The van der Waals surface area contributed by atoms with Crippen molar-refractivity contribution in [1.29, 1.82) is 0 Å². The zero-order valence-corrected chi connectivity index (χ0v) is 6.81. The van der Waals surface area contributed by atoms with Gasteiger partial charge < -0.3 is 25.3 Å². The van der Waals surface area contributed by atoms with Gasteiger partial charge in [0.1, 0.15) is 0 Å². The molecule has 0 amide bonds. The zero-order valence-electron chi connectivity index (χ0n) is 5.91. The normalized spacial score (nSPS) is 14.8. The van der Waals surface area contributed by atoms with Crippen LogP contribution in [-0.2, 0) is 9.40 Å². The van der Waals surface area contributed by atoms with Gasteiger partial charge in [-0.1, -0.05) is 0 Å². The van der Waals surface area contributed by atoms with Gasteiger partial charge in [0.25, 0.3) is 0 Å². The molecule has 0 fully saturated rings. The van der Waals surface area contributed by atoms with Crippen LogP contribution in [0, 0.1) is 0 Å². The minimum Gasteiger partial charge on any atom is -0.368 e. The topological polar surface area (TPSA) is 125 Å². The Kier molecular flexibility index (Phi) is 4.38. The number of nitrogens with one attached hydrogen (secondary N) is 1. The predicted octanol–water partition coefficient (Wildman–Crippen LogP) is -1.09. The number of rotatable bonds is 0. The van der Waals surface area contributed by atoms with Crippen molar-refractivity contribution in [1.82, 2.24) is 5.48 Å². The van der Waals surface area contributed by atoms with Gasteiger partial charge in [-0.05, 0) is 6.08 Å². The second-order valence-electron chi connectivity index (χ2n) is 1.66. The first kappa shape index (κ1) is 11.0. The lowest BCUT2D eigenvalue weighted by molar-refractivity contribution is 0.136. The van der Waals surface area contributed by atoms with Crippen LogP contribution in [0.25, 0.3) is 0 Å². The van der Waals surface area contributed by atoms with E-state index in [9.17, 15) is 0 Å². The Balaban J connectivity index is 0.000000217. The van der Waals surface area contributed by atoms with E-state index < -0.39 is 7.82 Å². The van der Waals surface area contributed by atoms with Crippen molar-refractivity contribution in [2.45, 2.75) is 0 Å². The van der Waals surface area contributed by atoms with E-state index in [0.29, 0.717) is 5.88 Å². The molecule has 1 rings (SSSR count). The highest BCUT2D eigenvalue weighted by molar-refractivity contribution is 7.45. The van der Waals surface area contributed by atoms with Gasteiger partial charge in [-0.25, -0.2) is 10.0 Å². The smallest absolute Gasteiger partial charge is 0.368 e. The molecule has 1 aliphatic heterocycles. The molecule has 0 saturated heterocycles. The summed E-state index contributed by atoms with van der Waals surface area (Å²) >= 11 is 0. The molecule has 0 aromatic heterocycles. The summed E-state index contributed by atoms with van der Waals surface area (Å²) in [6.45, 7) is 0. The maximum atomic E-state index is 8.88. The zero-order chi connectivity index (χ0) is 9.61. The molecular weight excluding hydrogens is 187 g/mol. The quantitative estimate of drug-likeness (QED) is 0.311. The summed E-state index contributed by atoms with van der Waals surface area (Å²) in [7, 11) is -4.64. The molecule has 7 nitrogen and oxygen atoms in total. The van der Waals surface area contributed by atoms with Crippen LogP contribution in [0.5, 0.6) is 0 Å². The third-order valence-corrected chi connectivity index (χ3v) is 0.602. The monoisotopic (exact) mass is 196 g/mol. The maximum Gasteiger partial charge on any atom is 0.466 e. The molecule has 0 aromatic carbocycles. The van der Waals surface area contributed by atoms with Crippen LogP contribution in [-0.4, -0.2) is 14.7 Å². The van der Waals surface area contributed by atoms with Gasteiger partial charge in [0.2, 0.25) is 5.88 Å². The van der Waals surface area contributed by atoms with Crippen molar-refractivity contribution in [3.05, 3.63) is 24.2 Å². The van der Waals surface area contributed by atoms with E-state index in [4.69, 9.17) is 25.0 Å². The Hall–Kier alpha value is -1.01. The second kappa shape index (κ2) is 4.78. The van der Waals surface area contributed by atoms with Crippen LogP contribution in [0.2, 0.25) is 0 Å². The third kappa shape index (κ3) is 11.7. The Labute approximate surface area is 68.3 Å². The molecule has 0 spiro atoms. The standard InChI is InChI=1S/C4H6N2O.H3O4P/c5-4-2-1-3-6-7-4;1-5(2,3)4/h1-3,6H,5H2;(H3,1,2,3,4). The Bertz CT molecular complexity index is 223. The molecule has 0 saturated carbocycles. The summed E-state index contributed by atoms with van der Waals surface area (Å²) < 4.78 is 8.88. The molecule has 8 heteroatoms. The number of hydrogen-bond donors (Lipinski definition) is 5. The summed E-state index contributed by atoms with van der Waals surface area (Å²) in [6, 6.07) is 0. The fourth-order valence-electron chi connectivity index (χ4n) is 0.318. The van der Waals surface area contributed by atoms with Gasteiger partial charge in [-0.2, -0.15) is 0 Å². The molecule has 0 aliphatic carbocycles. The van der Waals surface area contributed by atoms with E-state index in [-0.39, 0.29) is 0 Å². The summed E-state index contributed by atoms with van der Waals surface area (Å²) in [5.74, 6) is 0.391. The van der Waals surface area contributed by atoms with Crippen LogP contribution < -0.4 is 11.2 Å². The number of phosphoric acid groups is 1. The summed E-state index contributed by atoms with van der Waals surface area (Å²) in [5.41, 5.74) is 7.62. The first-order valence-corrected chi connectivity index (χ1v) is 4.29. The maximum absolute atomic E-state index is 8.88. The molecule has 70 valence electrons. The fourth-order valence-corrected chi connectivity index (χ4v) is 0.318. The van der Waals surface area contributed by atoms with E-state index in [2.05, 4.69) is 10.3 Å². The van der Waals surface area contributed by atoms with Crippen LogP contribution in [0.3, 0.4) is 0 Å². The molecular formula is C4H9N2O5P. The Morgan fingerprint density at radius 3 is 2.17 bits per heavy atom. The molecule has 0 unspecified atom stereocenters. The van der Waals surface area contributed by atoms with Gasteiger partial charge in [-0.3, -0.25) is 0 Å². The summed E-state index contributed by atoms with van der Waals surface area (Å²) in [5, 5.41) is 0. The van der Waals surface area contributed by atoms with E-state index in [1.165, 1.54) is 0 Å². The lowest BCUT2D eigenvalue weighted by Crippen LogP contribution is -2.14. The molecule has 12 heavy (non-hydrogen) atoms. The van der Waals surface area contributed by atoms with Crippen LogP contribution in [0.4, 0.5) is 0 Å². The van der Waals surface area contributed by atoms with Crippen LogP contribution in [0.15, 0.2) is 24.2 Å². The van der Waals surface area contributed by atoms with Gasteiger partial charge in [-0.15, -0.1) is 0 Å². The van der Waals surface area contributed by atoms with Gasteiger partial charge >= 0.3 is 7.82 Å². The van der Waals surface area contributed by atoms with E-state index >= 15 is 0 Å². The van der Waals surface area contributed by atoms with E-state index in [1.807, 2.05) is 0 Å². The number of nitrogens with two attached hydrogens (primary N) is 1. The minimum atomic E-state index is -4.64. The van der Waals surface area contributed by atoms with Gasteiger partial charge in [0, 0.05) is 12.3 Å². The molecule has 6 N–H and O–H groups in total. The summed E-state index contributed by atoms with van der Waals surface area (Å²) in [6.07, 6.45) is 5.08. The SMILES string of the molecule is NC1=CC=CNO1.O=P(O)(O)O. The highest BCUT2D eigenvalue weighted by atomic mass is 31.2. The van der Waals surface area contributed by atoms with Gasteiger partial charge in [0.05, 0.1) is 0 Å². The van der Waals surface area contributed by atoms with Crippen molar-refractivity contribution in [3.63, 3.8) is 0 Å². The third-order valence-electron chi connectivity index (χ3n) is 0.602. The number of hydroxylamine groups is 1. The molecule has 1 aliphatic rings. The van der Waals surface area contributed by atoms with Crippen molar-refractivity contribution in [2.24, 2.45) is 5.73 Å². The first-order chi connectivity index (χ1) is 5.39. The molecule has 1 heterocycles. The largest absolute Gasteiger partial charge is 0.466 e. The Morgan fingerprint density at radius 2 is 2.00 bits per heavy atom. The molecule has 0 atom stereocenters. The fraction of sp³-hybridized carbons (Fsp3) is 0. The minimum absolute atomic E-state index is 0.391. The lowest BCUT2D eigenvalue weighted by Gasteiger charge is -2.04. The number of allylic oxidation sites excluding steroid dienone is 2. The second-order valence-corrected chi connectivity index (χ2v) is 2.69. The summed E-state index contributed by atoms with van der Waals surface area (Å²) in [4.78, 5) is 26.1. The van der Waals surface area contributed by atoms with Gasteiger partial charge in [0.15, 0.2) is 0 Å². The van der Waals surface area contributed by atoms with Crippen molar-refractivity contribution in [2.75, 3.05) is 0 Å². The number of hydrogen-bond acceptors (Lipinski definition) is 4. The Morgan fingerprint density at radius 1 is 1.50 bits per heavy atom. The average Bonchev–Trinajstić information content (AvgIpc) is 1.85. The average molecular weight is 196 g/mol. The molecule has 0 bridgehead atoms. The van der Waals surface area contributed by atoms with Crippen molar-refractivity contribution < 1.29 is 24.1 Å². The lowest BCUT2D eigenvalue weighted by atomic mass is 10.5. The van der Waals surface area contributed by atoms with Crippen molar-refractivity contribution in [3.8, 4) is 0 Å². The predicted molar refractivity (Wildman–Crippen MR) is 39.9 cm³/mol. The molecule has 0 aromatic rings. The highest BCUT2D eigenvalue weighted by Crippen LogP contribution is 2.25. The van der Waals surface area contributed by atoms with Crippen LogP contribution >= 0.6 is 7.82 Å². The first-order valence-electron chi connectivity index (χ1n) is 2.72. The van der Waals surface area contributed by atoms with E-state index in [0.717, 1.165) is 0 Å². The van der Waals surface area contributed by atoms with Crippen LogP contribution in [0.1, 0.15) is 0 Å².